The molecule has 1 N–H and O–H groups in total. The van der Waals surface area contributed by atoms with E-state index in [1.807, 2.05) is 10.6 Å². The zero-order chi connectivity index (χ0) is 18.1. The van der Waals surface area contributed by atoms with Gasteiger partial charge < -0.3 is 4.90 Å². The maximum absolute atomic E-state index is 5.00. The highest BCUT2D eigenvalue weighted by molar-refractivity contribution is 6.01. The molecule has 5 rings (SSSR count). The van der Waals surface area contributed by atoms with E-state index in [4.69, 9.17) is 5.10 Å². The van der Waals surface area contributed by atoms with E-state index < -0.39 is 0 Å². The fraction of sp³-hybridized carbons (Fsp3) is 0.318. The van der Waals surface area contributed by atoms with Gasteiger partial charge in [-0.3, -0.25) is 0 Å². The van der Waals surface area contributed by atoms with E-state index in [-0.39, 0.29) is 0 Å². The average Bonchev–Trinajstić information content (AvgIpc) is 2.94. The maximum Gasteiger partial charge on any atom is 0.209 e. The van der Waals surface area contributed by atoms with Crippen molar-refractivity contribution in [2.24, 2.45) is 0 Å². The van der Waals surface area contributed by atoms with Crippen LogP contribution in [0.5, 0.6) is 0 Å². The molecule has 27 heavy (non-hydrogen) atoms. The van der Waals surface area contributed by atoms with E-state index in [9.17, 15) is 0 Å². The number of rotatable bonds is 3. The minimum Gasteiger partial charge on any atom is -0.329 e. The van der Waals surface area contributed by atoms with E-state index in [1.54, 1.807) is 4.90 Å². The van der Waals surface area contributed by atoms with Crippen LogP contribution in [0.25, 0.3) is 27.7 Å². The molecule has 4 aromatic rings. The first-order valence-electron chi connectivity index (χ1n) is 9.92. The third kappa shape index (κ3) is 3.08. The highest BCUT2D eigenvalue weighted by Crippen LogP contribution is 2.28. The first-order chi connectivity index (χ1) is 13.4. The molecule has 0 radical (unpaired) electrons. The molecule has 0 spiro atoms. The van der Waals surface area contributed by atoms with Crippen LogP contribution in [0.3, 0.4) is 0 Å². The van der Waals surface area contributed by atoms with Crippen LogP contribution in [0, 0.1) is 0 Å². The molecule has 1 aliphatic rings. The largest absolute Gasteiger partial charge is 0.329 e. The van der Waals surface area contributed by atoms with Gasteiger partial charge in [-0.25, -0.2) is 0 Å². The van der Waals surface area contributed by atoms with Gasteiger partial charge >= 0.3 is 0 Å². The van der Waals surface area contributed by atoms with Crippen LogP contribution >= 0.6 is 0 Å². The molecule has 0 atom stereocenters. The Morgan fingerprint density at radius 1 is 0.778 bits per heavy atom. The molecule has 5 heteroatoms. The molecule has 0 saturated carbocycles. The van der Waals surface area contributed by atoms with Crippen molar-refractivity contribution >= 4 is 16.4 Å². The Morgan fingerprint density at radius 2 is 1.48 bits per heavy atom. The Bertz CT molecular complexity index is 1060. The number of likely N-dealkylation sites (tertiary alicyclic amines) is 1. The maximum atomic E-state index is 5.00. The van der Waals surface area contributed by atoms with Gasteiger partial charge in [-0.2, -0.15) is 9.61 Å². The topological polar surface area (TPSA) is 47.5 Å². The SMILES string of the molecule is c1ccc(-c2nn3c(C[NH+]4CCCCCC4)nnc3c3ccccc23)cc1. The van der Waals surface area contributed by atoms with Crippen molar-refractivity contribution in [2.75, 3.05) is 13.1 Å². The Morgan fingerprint density at radius 3 is 2.26 bits per heavy atom. The zero-order valence-electron chi connectivity index (χ0n) is 15.4. The van der Waals surface area contributed by atoms with Crippen LogP contribution in [0.4, 0.5) is 0 Å². The van der Waals surface area contributed by atoms with Crippen molar-refractivity contribution in [2.45, 2.75) is 32.2 Å². The molecular weight excluding hydrogens is 334 g/mol. The van der Waals surface area contributed by atoms with Gasteiger partial charge in [0.1, 0.15) is 6.54 Å². The van der Waals surface area contributed by atoms with E-state index in [2.05, 4.69) is 58.7 Å². The van der Waals surface area contributed by atoms with E-state index in [0.29, 0.717) is 0 Å². The van der Waals surface area contributed by atoms with E-state index in [0.717, 1.165) is 40.0 Å². The molecule has 2 aromatic carbocycles. The lowest BCUT2D eigenvalue weighted by Crippen LogP contribution is -3.10. The Hall–Kier alpha value is -2.79. The van der Waals surface area contributed by atoms with Gasteiger partial charge in [-0.1, -0.05) is 54.6 Å². The molecule has 1 saturated heterocycles. The predicted molar refractivity (Wildman–Crippen MR) is 107 cm³/mol. The van der Waals surface area contributed by atoms with Crippen LogP contribution < -0.4 is 4.90 Å². The second-order valence-corrected chi connectivity index (χ2v) is 7.45. The lowest BCUT2D eigenvalue weighted by Gasteiger charge is -2.15. The van der Waals surface area contributed by atoms with Gasteiger partial charge in [0, 0.05) is 16.3 Å². The molecule has 0 amide bonds. The van der Waals surface area contributed by atoms with Crippen molar-refractivity contribution in [3.63, 3.8) is 0 Å². The number of hydrogen-bond donors (Lipinski definition) is 1. The molecule has 2 aromatic heterocycles. The fourth-order valence-corrected chi connectivity index (χ4v) is 4.17. The summed E-state index contributed by atoms with van der Waals surface area (Å²) < 4.78 is 1.97. The Labute approximate surface area is 158 Å². The quantitative estimate of drug-likeness (QED) is 0.613. The highest BCUT2D eigenvalue weighted by Gasteiger charge is 2.19. The molecule has 136 valence electrons. The summed E-state index contributed by atoms with van der Waals surface area (Å²) in [5.41, 5.74) is 2.97. The Balaban J connectivity index is 1.65. The van der Waals surface area contributed by atoms with Crippen molar-refractivity contribution in [1.29, 1.82) is 0 Å². The van der Waals surface area contributed by atoms with Crippen molar-refractivity contribution in [3.8, 4) is 11.3 Å². The minimum atomic E-state index is 0.856. The number of aromatic nitrogens is 4. The second-order valence-electron chi connectivity index (χ2n) is 7.45. The van der Waals surface area contributed by atoms with Crippen LogP contribution in [0.2, 0.25) is 0 Å². The summed E-state index contributed by atoms with van der Waals surface area (Å²) in [5, 5.41) is 16.3. The van der Waals surface area contributed by atoms with E-state index in [1.165, 1.54) is 38.8 Å². The second kappa shape index (κ2) is 7.08. The van der Waals surface area contributed by atoms with Gasteiger partial charge in [-0.05, 0) is 25.7 Å². The smallest absolute Gasteiger partial charge is 0.209 e. The van der Waals surface area contributed by atoms with Gasteiger partial charge in [0.2, 0.25) is 5.82 Å². The number of quaternary nitrogens is 1. The molecule has 0 bridgehead atoms. The molecule has 1 fully saturated rings. The standard InChI is InChI=1S/C22H23N5/c1-2-9-15-26(14-8-1)16-20-23-24-22-19-13-7-6-12-18(19)21(25-27(20)22)17-10-4-3-5-11-17/h3-7,10-13H,1-2,8-9,14-16H2/p+1. The average molecular weight is 358 g/mol. The molecule has 5 nitrogen and oxygen atoms in total. The molecule has 3 heterocycles. The normalized spacial score (nSPS) is 16.0. The van der Waals surface area contributed by atoms with Gasteiger partial charge in [0.15, 0.2) is 5.65 Å². The summed E-state index contributed by atoms with van der Waals surface area (Å²) in [6.07, 6.45) is 5.31. The number of nitrogens with one attached hydrogen (secondary N) is 1. The third-order valence-corrected chi connectivity index (χ3v) is 5.59. The third-order valence-electron chi connectivity index (χ3n) is 5.59. The van der Waals surface area contributed by atoms with Gasteiger partial charge in [-0.15, -0.1) is 10.2 Å². The van der Waals surface area contributed by atoms with Crippen molar-refractivity contribution in [1.82, 2.24) is 19.8 Å². The van der Waals surface area contributed by atoms with Crippen LogP contribution in [0.1, 0.15) is 31.5 Å². The summed E-state index contributed by atoms with van der Waals surface area (Å²) in [4.78, 5) is 1.60. The first kappa shape index (κ1) is 16.4. The Kier molecular flexibility index (Phi) is 4.30. The summed E-state index contributed by atoms with van der Waals surface area (Å²) >= 11 is 0. The number of nitrogens with zero attached hydrogens (tertiary/aromatic N) is 4. The fourth-order valence-electron chi connectivity index (χ4n) is 4.17. The molecular formula is C22H24N5+. The zero-order valence-corrected chi connectivity index (χ0v) is 15.4. The molecule has 1 aliphatic heterocycles. The van der Waals surface area contributed by atoms with Crippen LogP contribution in [-0.2, 0) is 6.54 Å². The van der Waals surface area contributed by atoms with Crippen LogP contribution in [-0.4, -0.2) is 32.9 Å². The lowest BCUT2D eigenvalue weighted by molar-refractivity contribution is -0.913. The van der Waals surface area contributed by atoms with Crippen LogP contribution in [0.15, 0.2) is 54.6 Å². The monoisotopic (exact) mass is 358 g/mol. The van der Waals surface area contributed by atoms with Crippen molar-refractivity contribution < 1.29 is 4.90 Å². The number of hydrogen-bond acceptors (Lipinski definition) is 3. The summed E-state index contributed by atoms with van der Waals surface area (Å²) in [6, 6.07) is 18.8. The summed E-state index contributed by atoms with van der Waals surface area (Å²) in [6.45, 7) is 3.32. The predicted octanol–water partition coefficient (Wildman–Crippen LogP) is 2.90. The van der Waals surface area contributed by atoms with Gasteiger partial charge in [0.25, 0.3) is 0 Å². The van der Waals surface area contributed by atoms with E-state index >= 15 is 0 Å². The van der Waals surface area contributed by atoms with Crippen molar-refractivity contribution in [3.05, 3.63) is 60.4 Å². The number of fused-ring (bicyclic) bond motifs is 3. The number of benzene rings is 2. The van der Waals surface area contributed by atoms with Gasteiger partial charge in [0.05, 0.1) is 18.8 Å². The highest BCUT2D eigenvalue weighted by atomic mass is 15.4. The minimum absolute atomic E-state index is 0.856. The summed E-state index contributed by atoms with van der Waals surface area (Å²) in [7, 11) is 0. The lowest BCUT2D eigenvalue weighted by atomic mass is 10.1. The molecule has 0 unspecified atom stereocenters. The first-order valence-corrected chi connectivity index (χ1v) is 9.92. The summed E-state index contributed by atoms with van der Waals surface area (Å²) in [5.74, 6) is 0.963. The molecule has 0 aliphatic carbocycles.